The van der Waals surface area contributed by atoms with Gasteiger partial charge in [0.25, 0.3) is 0 Å². The average Bonchev–Trinajstić information content (AvgIpc) is 2.33. The van der Waals surface area contributed by atoms with E-state index in [1.54, 1.807) is 0 Å². The van der Waals surface area contributed by atoms with Gasteiger partial charge in [-0.2, -0.15) is 0 Å². The van der Waals surface area contributed by atoms with Gasteiger partial charge in [-0.25, -0.2) is 26.7 Å². The summed E-state index contributed by atoms with van der Waals surface area (Å²) in [5.41, 5.74) is -2.96. The third-order valence-corrected chi connectivity index (χ3v) is 2.26. The van der Waals surface area contributed by atoms with Gasteiger partial charge in [-0.1, -0.05) is 6.58 Å². The van der Waals surface area contributed by atoms with Crippen molar-refractivity contribution in [3.05, 3.63) is 47.3 Å². The van der Waals surface area contributed by atoms with Crippen LogP contribution in [-0.4, -0.2) is 11.6 Å². The van der Waals surface area contributed by atoms with Crippen molar-refractivity contribution in [1.82, 2.24) is 0 Å². The summed E-state index contributed by atoms with van der Waals surface area (Å²) in [6, 6.07) is 0. The van der Waals surface area contributed by atoms with Gasteiger partial charge in [0, 0.05) is 0 Å². The summed E-state index contributed by atoms with van der Waals surface area (Å²) in [5, 5.41) is 0. The predicted octanol–water partition coefficient (Wildman–Crippen LogP) is 3.50. The average molecular weight is 280 g/mol. The predicted molar refractivity (Wildman–Crippen MR) is 55.9 cm³/mol. The van der Waals surface area contributed by atoms with Crippen LogP contribution in [0.2, 0.25) is 0 Å². The molecule has 1 aromatic carbocycles. The van der Waals surface area contributed by atoms with Crippen LogP contribution in [0, 0.1) is 29.1 Å². The molecule has 0 aliphatic rings. The largest absolute Gasteiger partial charge is 0.452 e. The minimum absolute atomic E-state index is 1.14. The third kappa shape index (κ3) is 2.74. The Morgan fingerprint density at radius 2 is 1.37 bits per heavy atom. The summed E-state index contributed by atoms with van der Waals surface area (Å²) in [5.74, 6) is -12.9. The van der Waals surface area contributed by atoms with Crippen molar-refractivity contribution in [1.29, 1.82) is 0 Å². The molecule has 0 radical (unpaired) electrons. The molecule has 2 nitrogen and oxygen atoms in total. The number of rotatable bonds is 3. The molecule has 0 bridgehead atoms. The Morgan fingerprint density at radius 3 is 1.74 bits per heavy atom. The van der Waals surface area contributed by atoms with Crippen LogP contribution in [0.1, 0.15) is 24.2 Å². The van der Waals surface area contributed by atoms with Crippen molar-refractivity contribution in [3.63, 3.8) is 0 Å². The van der Waals surface area contributed by atoms with Gasteiger partial charge in [-0.3, -0.25) is 0 Å². The Balaban J connectivity index is 3.36. The van der Waals surface area contributed by atoms with E-state index in [1.807, 2.05) is 0 Å². The van der Waals surface area contributed by atoms with Gasteiger partial charge in [0.2, 0.25) is 5.82 Å². The van der Waals surface area contributed by atoms with Gasteiger partial charge < -0.3 is 4.74 Å². The Kier molecular flexibility index (Phi) is 3.97. The molecule has 0 aromatic heterocycles. The summed E-state index contributed by atoms with van der Waals surface area (Å²) in [7, 11) is 0. The van der Waals surface area contributed by atoms with E-state index >= 15 is 0 Å². The molecule has 0 aliphatic heterocycles. The molecule has 0 fully saturated rings. The molecule has 0 N–H and O–H groups in total. The lowest BCUT2D eigenvalue weighted by molar-refractivity contribution is 0.0161. The highest BCUT2D eigenvalue weighted by Crippen LogP contribution is 2.25. The minimum atomic E-state index is -2.34. The molecule has 0 saturated carbocycles. The molecule has 19 heavy (non-hydrogen) atoms. The molecule has 0 aliphatic carbocycles. The monoisotopic (exact) mass is 280 g/mol. The van der Waals surface area contributed by atoms with Crippen molar-refractivity contribution in [2.45, 2.75) is 19.4 Å². The molecule has 7 heteroatoms. The first-order valence-electron chi connectivity index (χ1n) is 5.00. The van der Waals surface area contributed by atoms with Crippen LogP contribution < -0.4 is 0 Å². The highest BCUT2D eigenvalue weighted by atomic mass is 19.2. The van der Waals surface area contributed by atoms with Gasteiger partial charge in [0.15, 0.2) is 23.3 Å². The van der Waals surface area contributed by atoms with Crippen LogP contribution in [0.4, 0.5) is 22.0 Å². The van der Waals surface area contributed by atoms with Gasteiger partial charge in [-0.15, -0.1) is 0 Å². The van der Waals surface area contributed by atoms with Crippen LogP contribution >= 0.6 is 0 Å². The van der Waals surface area contributed by atoms with Crippen LogP contribution in [0.25, 0.3) is 0 Å². The number of halogens is 5. The smallest absolute Gasteiger partial charge is 0.345 e. The first-order valence-corrected chi connectivity index (χ1v) is 5.00. The highest BCUT2D eigenvalue weighted by Gasteiger charge is 2.32. The molecular formula is C12H9F5O2. The molecular weight excluding hydrogens is 271 g/mol. The second-order valence-corrected chi connectivity index (χ2v) is 4.14. The van der Waals surface area contributed by atoms with Crippen molar-refractivity contribution in [2.75, 3.05) is 0 Å². The van der Waals surface area contributed by atoms with Crippen LogP contribution in [0.5, 0.6) is 0 Å². The molecule has 0 saturated heterocycles. The van der Waals surface area contributed by atoms with Gasteiger partial charge in [0.05, 0.1) is 0 Å². The van der Waals surface area contributed by atoms with Crippen molar-refractivity contribution < 1.29 is 31.5 Å². The summed E-state index contributed by atoms with van der Waals surface area (Å²) >= 11 is 0. The Morgan fingerprint density at radius 1 is 1.00 bits per heavy atom. The quantitative estimate of drug-likeness (QED) is 0.278. The van der Waals surface area contributed by atoms with Gasteiger partial charge in [0.1, 0.15) is 11.2 Å². The first-order chi connectivity index (χ1) is 8.62. The Bertz CT molecular complexity index is 523. The third-order valence-electron chi connectivity index (χ3n) is 2.26. The van der Waals surface area contributed by atoms with E-state index < -0.39 is 46.2 Å². The van der Waals surface area contributed by atoms with E-state index in [2.05, 4.69) is 11.3 Å². The molecule has 1 aromatic rings. The van der Waals surface area contributed by atoms with Crippen molar-refractivity contribution in [3.8, 4) is 0 Å². The van der Waals surface area contributed by atoms with Crippen LogP contribution in [0.3, 0.4) is 0 Å². The second-order valence-electron chi connectivity index (χ2n) is 4.14. The molecule has 0 spiro atoms. The normalized spacial score (nSPS) is 11.3. The molecule has 0 heterocycles. The molecule has 1 rings (SSSR count). The molecule has 0 atom stereocenters. The molecule has 0 unspecified atom stereocenters. The van der Waals surface area contributed by atoms with E-state index in [4.69, 9.17) is 0 Å². The fourth-order valence-electron chi connectivity index (χ4n) is 1.12. The topological polar surface area (TPSA) is 26.3 Å². The van der Waals surface area contributed by atoms with E-state index in [9.17, 15) is 26.7 Å². The number of hydrogen-bond acceptors (Lipinski definition) is 2. The number of esters is 1. The lowest BCUT2D eigenvalue weighted by Crippen LogP contribution is -2.27. The SMILES string of the molecule is C=CC(C)(C)OC(=O)c1c(F)c(F)c(F)c(F)c1F. The maximum Gasteiger partial charge on any atom is 0.345 e. The number of benzene rings is 1. The van der Waals surface area contributed by atoms with Crippen LogP contribution in [0.15, 0.2) is 12.7 Å². The lowest BCUT2D eigenvalue weighted by atomic mass is 10.1. The van der Waals surface area contributed by atoms with Crippen molar-refractivity contribution in [2.24, 2.45) is 0 Å². The first kappa shape index (κ1) is 15.1. The fraction of sp³-hybridized carbons (Fsp3) is 0.250. The summed E-state index contributed by atoms with van der Waals surface area (Å²) in [6.45, 7) is 5.95. The van der Waals surface area contributed by atoms with E-state index in [0.717, 1.165) is 6.08 Å². The van der Waals surface area contributed by atoms with Gasteiger partial charge in [-0.05, 0) is 19.9 Å². The fourth-order valence-corrected chi connectivity index (χ4v) is 1.12. The summed E-state index contributed by atoms with van der Waals surface area (Å²) in [6.07, 6.45) is 1.14. The highest BCUT2D eigenvalue weighted by molar-refractivity contribution is 5.90. The zero-order chi connectivity index (χ0) is 15.0. The summed E-state index contributed by atoms with van der Waals surface area (Å²) in [4.78, 5) is 11.5. The standard InChI is InChI=1S/C12H9F5O2/c1-4-12(2,3)19-11(18)5-6(13)8(15)10(17)9(16)7(5)14/h4H,1H2,2-3H3. The number of carbonyl (C=O) groups excluding carboxylic acids is 1. The van der Waals surface area contributed by atoms with E-state index in [0.29, 0.717) is 0 Å². The second kappa shape index (κ2) is 4.99. The summed E-state index contributed by atoms with van der Waals surface area (Å²) < 4.78 is 69.7. The van der Waals surface area contributed by atoms with Crippen LogP contribution in [-0.2, 0) is 4.74 Å². The molecule has 0 amide bonds. The van der Waals surface area contributed by atoms with E-state index in [-0.39, 0.29) is 0 Å². The van der Waals surface area contributed by atoms with E-state index in [1.165, 1.54) is 13.8 Å². The maximum absolute atomic E-state index is 13.3. The minimum Gasteiger partial charge on any atom is -0.452 e. The Labute approximate surface area is 105 Å². The number of hydrogen-bond donors (Lipinski definition) is 0. The number of ether oxygens (including phenoxy) is 1. The maximum atomic E-state index is 13.3. The van der Waals surface area contributed by atoms with Gasteiger partial charge >= 0.3 is 5.97 Å². The number of carbonyl (C=O) groups is 1. The lowest BCUT2D eigenvalue weighted by Gasteiger charge is -2.21. The van der Waals surface area contributed by atoms with Crippen molar-refractivity contribution >= 4 is 5.97 Å². The Hall–Kier alpha value is -1.92. The zero-order valence-electron chi connectivity index (χ0n) is 9.99. The molecule has 104 valence electrons. The zero-order valence-corrected chi connectivity index (χ0v) is 9.99.